The van der Waals surface area contributed by atoms with Crippen molar-refractivity contribution in [1.82, 2.24) is 0 Å². The average Bonchev–Trinajstić information content (AvgIpc) is 2.17. The second kappa shape index (κ2) is 3.07. The van der Waals surface area contributed by atoms with Crippen LogP contribution in [0.15, 0.2) is 24.3 Å². The molecule has 1 aliphatic heterocycles. The summed E-state index contributed by atoms with van der Waals surface area (Å²) in [6.07, 6.45) is 0. The minimum Gasteiger partial charge on any atom is -0.490 e. The lowest BCUT2D eigenvalue weighted by atomic mass is 10.1. The maximum atomic E-state index is 5.46. The van der Waals surface area contributed by atoms with Crippen molar-refractivity contribution >= 4 is 13.2 Å². The molecule has 0 unspecified atom stereocenters. The molecule has 61 valence electrons. The van der Waals surface area contributed by atoms with Crippen LogP contribution in [0, 0.1) is 0 Å². The quantitative estimate of drug-likeness (QED) is 0.605. The Balaban J connectivity index is 2.37. The first-order valence-corrected chi connectivity index (χ1v) is 3.95. The number of nitrogens with zero attached hydrogens (tertiary/aromatic N) is 1. The van der Waals surface area contributed by atoms with Crippen LogP contribution in [0.1, 0.15) is 0 Å². The summed E-state index contributed by atoms with van der Waals surface area (Å²) >= 11 is 0. The number of nitrogens with two attached hydrogens (primary N) is 1. The van der Waals surface area contributed by atoms with Crippen molar-refractivity contribution in [3.05, 3.63) is 24.3 Å². The Morgan fingerprint density at radius 3 is 3.08 bits per heavy atom. The van der Waals surface area contributed by atoms with E-state index in [9.17, 15) is 0 Å². The van der Waals surface area contributed by atoms with Gasteiger partial charge >= 0.3 is 7.55 Å². The van der Waals surface area contributed by atoms with E-state index in [4.69, 9.17) is 10.4 Å². The summed E-state index contributed by atoms with van der Waals surface area (Å²) in [6.45, 7) is 1.53. The first-order valence-electron chi connectivity index (χ1n) is 3.95. The van der Waals surface area contributed by atoms with E-state index in [1.165, 1.54) is 0 Å². The van der Waals surface area contributed by atoms with E-state index in [-0.39, 0.29) is 0 Å². The van der Waals surface area contributed by atoms with Crippen molar-refractivity contribution in [2.75, 3.05) is 18.0 Å². The highest BCUT2D eigenvalue weighted by molar-refractivity contribution is 6.37. The van der Waals surface area contributed by atoms with Gasteiger partial charge in [0.1, 0.15) is 12.4 Å². The van der Waals surface area contributed by atoms with Gasteiger partial charge in [-0.05, 0) is 12.1 Å². The summed E-state index contributed by atoms with van der Waals surface area (Å²) in [5, 5.41) is 0. The van der Waals surface area contributed by atoms with Gasteiger partial charge in [-0.1, -0.05) is 12.1 Å². The fourth-order valence-corrected chi connectivity index (χ4v) is 1.35. The molecule has 0 saturated heterocycles. The number of anilines is 1. The fraction of sp³-hybridized carbons (Fsp3) is 0.250. The van der Waals surface area contributed by atoms with Crippen LogP contribution in [0.3, 0.4) is 0 Å². The van der Waals surface area contributed by atoms with E-state index in [2.05, 4.69) is 0 Å². The van der Waals surface area contributed by atoms with Gasteiger partial charge in [-0.3, -0.25) is 0 Å². The van der Waals surface area contributed by atoms with Crippen molar-refractivity contribution in [3.8, 4) is 5.75 Å². The molecule has 1 aliphatic rings. The van der Waals surface area contributed by atoms with Gasteiger partial charge in [0.2, 0.25) is 0 Å². The number of fused-ring (bicyclic) bond motifs is 1. The normalized spacial score (nSPS) is 14.9. The third kappa shape index (κ3) is 1.14. The van der Waals surface area contributed by atoms with Gasteiger partial charge in [-0.25, -0.2) is 0 Å². The van der Waals surface area contributed by atoms with E-state index in [1.54, 1.807) is 7.55 Å². The molecule has 1 aromatic carbocycles. The maximum Gasteiger partial charge on any atom is 0.346 e. The Kier molecular flexibility index (Phi) is 1.92. The van der Waals surface area contributed by atoms with E-state index in [0.29, 0.717) is 6.61 Å². The molecule has 0 aliphatic carbocycles. The molecule has 4 heteroatoms. The molecule has 0 amide bonds. The number of hydrogen-bond acceptors (Lipinski definition) is 3. The van der Waals surface area contributed by atoms with Crippen LogP contribution >= 0.6 is 0 Å². The third-order valence-corrected chi connectivity index (χ3v) is 1.94. The zero-order valence-corrected chi connectivity index (χ0v) is 6.73. The summed E-state index contributed by atoms with van der Waals surface area (Å²) in [6, 6.07) is 7.88. The molecular formula is C8H10BN2O. The Hall–Kier alpha value is -1.16. The van der Waals surface area contributed by atoms with Crippen LogP contribution in [0.25, 0.3) is 0 Å². The van der Waals surface area contributed by atoms with Gasteiger partial charge in [0, 0.05) is 6.54 Å². The molecule has 1 aromatic rings. The van der Waals surface area contributed by atoms with Crippen LogP contribution in [-0.4, -0.2) is 20.7 Å². The monoisotopic (exact) mass is 161 g/mol. The standard InChI is InChI=1S/C8H10BN2O/c10-9-11-5-6-12-8-4-2-1-3-7(8)11/h1-4H,5-6,10H2. The summed E-state index contributed by atoms with van der Waals surface area (Å²) < 4.78 is 5.44. The zero-order chi connectivity index (χ0) is 8.39. The zero-order valence-electron chi connectivity index (χ0n) is 6.73. The summed E-state index contributed by atoms with van der Waals surface area (Å²) in [4.78, 5) is 1.98. The highest BCUT2D eigenvalue weighted by Crippen LogP contribution is 2.29. The number of para-hydroxylation sites is 2. The van der Waals surface area contributed by atoms with Crippen LogP contribution in [0.4, 0.5) is 5.69 Å². The molecule has 2 rings (SSSR count). The van der Waals surface area contributed by atoms with Gasteiger partial charge in [0.05, 0.1) is 5.69 Å². The lowest BCUT2D eigenvalue weighted by Crippen LogP contribution is -2.39. The SMILES string of the molecule is N[B]N1CCOc2ccccc21. The Morgan fingerprint density at radius 2 is 2.25 bits per heavy atom. The second-order valence-corrected chi connectivity index (χ2v) is 2.66. The Morgan fingerprint density at radius 1 is 1.42 bits per heavy atom. The molecule has 1 radical (unpaired) electrons. The second-order valence-electron chi connectivity index (χ2n) is 2.66. The van der Waals surface area contributed by atoms with Crippen molar-refractivity contribution in [2.24, 2.45) is 5.64 Å². The lowest BCUT2D eigenvalue weighted by Gasteiger charge is -2.29. The molecule has 3 nitrogen and oxygen atoms in total. The summed E-state index contributed by atoms with van der Waals surface area (Å²) in [7, 11) is 1.58. The molecule has 0 fully saturated rings. The number of ether oxygens (including phenoxy) is 1. The Bertz CT molecular complexity index is 280. The molecule has 12 heavy (non-hydrogen) atoms. The van der Waals surface area contributed by atoms with E-state index in [0.717, 1.165) is 18.0 Å². The highest BCUT2D eigenvalue weighted by atomic mass is 16.5. The largest absolute Gasteiger partial charge is 0.490 e. The van der Waals surface area contributed by atoms with Crippen molar-refractivity contribution in [2.45, 2.75) is 0 Å². The minimum atomic E-state index is 0.699. The third-order valence-electron chi connectivity index (χ3n) is 1.94. The molecule has 0 atom stereocenters. The number of benzene rings is 1. The van der Waals surface area contributed by atoms with Crippen LogP contribution in [-0.2, 0) is 0 Å². The molecule has 0 aromatic heterocycles. The van der Waals surface area contributed by atoms with Crippen LogP contribution in [0.5, 0.6) is 5.75 Å². The van der Waals surface area contributed by atoms with E-state index >= 15 is 0 Å². The summed E-state index contributed by atoms with van der Waals surface area (Å²) in [5.74, 6) is 0.908. The van der Waals surface area contributed by atoms with Crippen LogP contribution in [0.2, 0.25) is 0 Å². The average molecular weight is 161 g/mol. The van der Waals surface area contributed by atoms with Gasteiger partial charge in [-0.15, -0.1) is 0 Å². The predicted octanol–water partition coefficient (Wildman–Crippen LogP) is 0.378. The topological polar surface area (TPSA) is 38.5 Å². The smallest absolute Gasteiger partial charge is 0.346 e. The van der Waals surface area contributed by atoms with Gasteiger partial charge in [0.25, 0.3) is 0 Å². The Labute approximate surface area is 72.4 Å². The van der Waals surface area contributed by atoms with E-state index < -0.39 is 0 Å². The molecular weight excluding hydrogens is 151 g/mol. The maximum absolute atomic E-state index is 5.46. The van der Waals surface area contributed by atoms with Crippen molar-refractivity contribution in [3.63, 3.8) is 0 Å². The minimum absolute atomic E-state index is 0.699. The first kappa shape index (κ1) is 7.49. The molecule has 0 spiro atoms. The van der Waals surface area contributed by atoms with Gasteiger partial charge in [-0.2, -0.15) is 0 Å². The van der Waals surface area contributed by atoms with Crippen molar-refractivity contribution in [1.29, 1.82) is 0 Å². The van der Waals surface area contributed by atoms with Gasteiger partial charge < -0.3 is 15.2 Å². The summed E-state index contributed by atoms with van der Waals surface area (Å²) in [5.41, 5.74) is 6.51. The number of rotatable bonds is 1. The highest BCUT2D eigenvalue weighted by Gasteiger charge is 2.15. The molecule has 1 heterocycles. The van der Waals surface area contributed by atoms with E-state index in [1.807, 2.05) is 29.1 Å². The number of hydrogen-bond donors (Lipinski definition) is 1. The lowest BCUT2D eigenvalue weighted by molar-refractivity contribution is 0.316. The van der Waals surface area contributed by atoms with Crippen LogP contribution < -0.4 is 15.2 Å². The molecule has 2 N–H and O–H groups in total. The van der Waals surface area contributed by atoms with Crippen molar-refractivity contribution < 1.29 is 4.74 Å². The molecule has 0 bridgehead atoms. The molecule has 0 saturated carbocycles. The predicted molar refractivity (Wildman–Crippen MR) is 49.2 cm³/mol. The first-order chi connectivity index (χ1) is 5.92. The fourth-order valence-electron chi connectivity index (χ4n) is 1.35. The van der Waals surface area contributed by atoms with Gasteiger partial charge in [0.15, 0.2) is 0 Å².